The molecule has 0 aromatic heterocycles. The van der Waals surface area contributed by atoms with Gasteiger partial charge in [0.2, 0.25) is 20.0 Å². The van der Waals surface area contributed by atoms with E-state index in [0.29, 0.717) is 36.8 Å². The zero-order valence-corrected chi connectivity index (χ0v) is 20.5. The van der Waals surface area contributed by atoms with Crippen LogP contribution in [0.1, 0.15) is 38.5 Å². The van der Waals surface area contributed by atoms with Gasteiger partial charge in [0.05, 0.1) is 14.7 Å². The second kappa shape index (κ2) is 11.3. The summed E-state index contributed by atoms with van der Waals surface area (Å²) in [5, 5.41) is 10.5. The molecule has 2 aromatic carbocycles. The zero-order valence-electron chi connectivity index (χ0n) is 18.9. The molecule has 0 unspecified atom stereocenters. The largest absolute Gasteiger partial charge is 0.399 e. The molecule has 0 saturated carbocycles. The van der Waals surface area contributed by atoms with Crippen LogP contribution < -0.4 is 5.73 Å². The maximum atomic E-state index is 12.2. The van der Waals surface area contributed by atoms with Gasteiger partial charge in [0.1, 0.15) is 0 Å². The van der Waals surface area contributed by atoms with Crippen LogP contribution in [0.25, 0.3) is 0 Å². The zero-order chi connectivity index (χ0) is 24.8. The monoisotopic (exact) mass is 510 g/mol. The molecule has 2 aromatic rings. The number of non-ortho nitro benzene ring substituents is 1. The van der Waals surface area contributed by atoms with E-state index in [0.717, 1.165) is 38.5 Å². The predicted octanol–water partition coefficient (Wildman–Crippen LogP) is 3.21. The first-order valence-electron chi connectivity index (χ1n) is 11.2. The van der Waals surface area contributed by atoms with Crippen molar-refractivity contribution in [3.05, 3.63) is 58.6 Å². The third-order valence-corrected chi connectivity index (χ3v) is 9.66. The van der Waals surface area contributed by atoms with Gasteiger partial charge in [-0.25, -0.2) is 16.8 Å². The van der Waals surface area contributed by atoms with Crippen LogP contribution in [0.2, 0.25) is 0 Å². The highest BCUT2D eigenvalue weighted by Crippen LogP contribution is 2.23. The molecule has 2 N–H and O–H groups in total. The number of hydrogen-bond acceptors (Lipinski definition) is 7. The second-order valence-corrected chi connectivity index (χ2v) is 12.1. The summed E-state index contributed by atoms with van der Waals surface area (Å²) in [5.41, 5.74) is 6.02. The minimum Gasteiger partial charge on any atom is -0.399 e. The number of nitro benzene ring substituents is 1. The van der Waals surface area contributed by atoms with Gasteiger partial charge < -0.3 is 5.73 Å². The summed E-state index contributed by atoms with van der Waals surface area (Å²) < 4.78 is 51.8. The molecule has 0 bridgehead atoms. The van der Waals surface area contributed by atoms with Gasteiger partial charge >= 0.3 is 0 Å². The summed E-state index contributed by atoms with van der Waals surface area (Å²) in [6.45, 7) is 2.32. The van der Waals surface area contributed by atoms with Crippen molar-refractivity contribution in [1.29, 1.82) is 0 Å². The van der Waals surface area contributed by atoms with Crippen LogP contribution in [0.15, 0.2) is 58.3 Å². The molecular weight excluding hydrogens is 480 g/mol. The Morgan fingerprint density at radius 2 is 1.00 bits per heavy atom. The van der Waals surface area contributed by atoms with E-state index < -0.39 is 25.0 Å². The number of piperidine rings is 2. The first kappa shape index (κ1) is 26.1. The minimum absolute atomic E-state index is 0.104. The summed E-state index contributed by atoms with van der Waals surface area (Å²) in [5.74, 6) is 0. The number of sulfonamides is 2. The van der Waals surface area contributed by atoms with Crippen molar-refractivity contribution >= 4 is 31.4 Å². The van der Waals surface area contributed by atoms with Crippen LogP contribution in [0.3, 0.4) is 0 Å². The van der Waals surface area contributed by atoms with E-state index in [9.17, 15) is 26.9 Å². The maximum Gasteiger partial charge on any atom is 0.269 e. The van der Waals surface area contributed by atoms with Gasteiger partial charge in [-0.15, -0.1) is 0 Å². The Bertz CT molecular complexity index is 1170. The fourth-order valence-corrected chi connectivity index (χ4v) is 6.92. The highest BCUT2D eigenvalue weighted by molar-refractivity contribution is 7.89. The molecule has 0 aliphatic carbocycles. The van der Waals surface area contributed by atoms with Crippen LogP contribution in [0.5, 0.6) is 0 Å². The van der Waals surface area contributed by atoms with Gasteiger partial charge in [-0.05, 0) is 62.1 Å². The van der Waals surface area contributed by atoms with Crippen LogP contribution in [-0.2, 0) is 20.0 Å². The van der Waals surface area contributed by atoms with Gasteiger partial charge in [0.25, 0.3) is 5.69 Å². The lowest BCUT2D eigenvalue weighted by atomic mass is 10.2. The summed E-state index contributed by atoms with van der Waals surface area (Å²) in [4.78, 5) is 10.4. The van der Waals surface area contributed by atoms with Crippen LogP contribution >= 0.6 is 0 Å². The number of anilines is 1. The average molecular weight is 511 g/mol. The quantitative estimate of drug-likeness (QED) is 0.369. The second-order valence-electron chi connectivity index (χ2n) is 8.25. The summed E-state index contributed by atoms with van der Waals surface area (Å²) in [7, 11) is -6.79. The lowest BCUT2D eigenvalue weighted by Gasteiger charge is -2.25. The van der Waals surface area contributed by atoms with Crippen LogP contribution in [0.4, 0.5) is 11.4 Å². The fourth-order valence-electron chi connectivity index (χ4n) is 3.89. The van der Waals surface area contributed by atoms with E-state index in [1.54, 1.807) is 28.6 Å². The first-order valence-corrected chi connectivity index (χ1v) is 14.1. The predicted molar refractivity (Wildman–Crippen MR) is 129 cm³/mol. The Kier molecular flexibility index (Phi) is 8.63. The molecule has 2 fully saturated rings. The number of nitro groups is 1. The van der Waals surface area contributed by atoms with E-state index >= 15 is 0 Å². The van der Waals surface area contributed by atoms with Crippen molar-refractivity contribution in [2.45, 2.75) is 48.3 Å². The standard InChI is InChI=1S/C11H14N2O4S.C11H16N2O2S/c14-13(15)10-4-6-11(7-5-10)18(16,17)12-8-2-1-3-9-12;12-10-4-6-11(7-5-10)16(14,15)13-8-2-1-3-9-13/h4-7H,1-3,8-9H2;4-7H,1-3,8-9,12H2. The Hall–Kier alpha value is -2.54. The number of nitrogens with two attached hydrogens (primary N) is 1. The molecule has 0 spiro atoms. The Morgan fingerprint density at radius 3 is 1.35 bits per heavy atom. The summed E-state index contributed by atoms with van der Waals surface area (Å²) in [6.07, 6.45) is 5.81. The van der Waals surface area contributed by atoms with Gasteiger partial charge in [-0.2, -0.15) is 8.61 Å². The molecule has 2 heterocycles. The molecule has 2 aliphatic heterocycles. The molecule has 0 atom stereocenters. The SMILES string of the molecule is Nc1ccc(S(=O)(=O)N2CCCCC2)cc1.O=[N+]([O-])c1ccc(S(=O)(=O)N2CCCCC2)cc1. The molecule has 34 heavy (non-hydrogen) atoms. The average Bonchev–Trinajstić information content (AvgIpc) is 2.86. The fraction of sp³-hybridized carbons (Fsp3) is 0.455. The Balaban J connectivity index is 0.000000192. The van der Waals surface area contributed by atoms with Gasteiger partial charge in [0, 0.05) is 44.0 Å². The third-order valence-electron chi connectivity index (χ3n) is 5.83. The normalized spacial score (nSPS) is 18.0. The number of nitrogen functional groups attached to an aromatic ring is 1. The van der Waals surface area contributed by atoms with E-state index in [-0.39, 0.29) is 10.6 Å². The number of rotatable bonds is 5. The van der Waals surface area contributed by atoms with E-state index in [2.05, 4.69) is 0 Å². The summed E-state index contributed by atoms with van der Waals surface area (Å²) in [6, 6.07) is 11.4. The molecule has 12 heteroatoms. The van der Waals surface area contributed by atoms with Crippen molar-refractivity contribution in [2.75, 3.05) is 31.9 Å². The van der Waals surface area contributed by atoms with E-state index in [1.807, 2.05) is 0 Å². The lowest BCUT2D eigenvalue weighted by Crippen LogP contribution is -2.35. The molecule has 10 nitrogen and oxygen atoms in total. The molecule has 186 valence electrons. The number of nitrogens with zero attached hydrogens (tertiary/aromatic N) is 3. The van der Waals surface area contributed by atoms with Crippen LogP contribution in [0, 0.1) is 10.1 Å². The highest BCUT2D eigenvalue weighted by atomic mass is 32.2. The van der Waals surface area contributed by atoms with Crippen molar-refractivity contribution in [2.24, 2.45) is 0 Å². The van der Waals surface area contributed by atoms with Crippen molar-refractivity contribution < 1.29 is 21.8 Å². The van der Waals surface area contributed by atoms with Crippen molar-refractivity contribution in [3.8, 4) is 0 Å². The lowest BCUT2D eigenvalue weighted by molar-refractivity contribution is -0.384. The van der Waals surface area contributed by atoms with E-state index in [4.69, 9.17) is 5.73 Å². The van der Waals surface area contributed by atoms with Gasteiger partial charge in [-0.3, -0.25) is 10.1 Å². The number of benzene rings is 2. The minimum atomic E-state index is -3.49. The maximum absolute atomic E-state index is 12.2. The van der Waals surface area contributed by atoms with Gasteiger partial charge in [0.15, 0.2) is 0 Å². The Morgan fingerprint density at radius 1 is 0.647 bits per heavy atom. The molecule has 2 saturated heterocycles. The molecule has 0 amide bonds. The molecule has 0 radical (unpaired) electrons. The molecular formula is C22H30N4O6S2. The smallest absolute Gasteiger partial charge is 0.269 e. The van der Waals surface area contributed by atoms with Crippen molar-refractivity contribution in [1.82, 2.24) is 8.61 Å². The Labute approximate surface area is 200 Å². The van der Waals surface area contributed by atoms with Crippen molar-refractivity contribution in [3.63, 3.8) is 0 Å². The summed E-state index contributed by atoms with van der Waals surface area (Å²) >= 11 is 0. The van der Waals surface area contributed by atoms with Crippen LogP contribution in [-0.4, -0.2) is 56.5 Å². The topological polar surface area (TPSA) is 144 Å². The molecule has 4 rings (SSSR count). The third kappa shape index (κ3) is 6.32. The molecule has 2 aliphatic rings. The van der Waals surface area contributed by atoms with Gasteiger partial charge in [-0.1, -0.05) is 12.8 Å². The highest BCUT2D eigenvalue weighted by Gasteiger charge is 2.27. The van der Waals surface area contributed by atoms with E-state index in [1.165, 1.54) is 28.6 Å². The number of hydrogen-bond donors (Lipinski definition) is 1. The first-order chi connectivity index (χ1) is 16.1.